The van der Waals surface area contributed by atoms with Gasteiger partial charge in [-0.25, -0.2) is 4.99 Å². The van der Waals surface area contributed by atoms with Crippen molar-refractivity contribution in [2.45, 2.75) is 13.8 Å². The molecule has 3 nitrogen and oxygen atoms in total. The number of hydrogen-bond acceptors (Lipinski definition) is 2. The van der Waals surface area contributed by atoms with Crippen LogP contribution in [-0.2, 0) is 0 Å². The first-order valence-corrected chi connectivity index (χ1v) is 8.21. The van der Waals surface area contributed by atoms with E-state index in [1.54, 1.807) is 6.34 Å². The lowest BCUT2D eigenvalue weighted by atomic mass is 10.1. The summed E-state index contributed by atoms with van der Waals surface area (Å²) in [5.41, 5.74) is 3.98. The third kappa shape index (κ3) is 4.40. The summed E-state index contributed by atoms with van der Waals surface area (Å²) in [7, 11) is 3.99. The molecule has 2 rings (SSSR count). The van der Waals surface area contributed by atoms with E-state index in [1.807, 2.05) is 55.4 Å². The number of aryl methyl sites for hydroxylation is 1. The predicted molar refractivity (Wildman–Crippen MR) is 102 cm³/mol. The van der Waals surface area contributed by atoms with Gasteiger partial charge in [-0.2, -0.15) is 0 Å². The van der Waals surface area contributed by atoms with Crippen LogP contribution in [0.25, 0.3) is 0 Å². The summed E-state index contributed by atoms with van der Waals surface area (Å²) in [6, 6.07) is 11.7. The molecule has 0 radical (unpaired) electrons. The molecule has 0 unspecified atom stereocenters. The molecule has 2 aromatic carbocycles. The lowest BCUT2D eigenvalue weighted by Gasteiger charge is -2.22. The molecule has 0 saturated heterocycles. The summed E-state index contributed by atoms with van der Waals surface area (Å²) < 4.78 is 0. The summed E-state index contributed by atoms with van der Waals surface area (Å²) in [6.45, 7) is 5.03. The van der Waals surface area contributed by atoms with Crippen molar-refractivity contribution in [3.8, 4) is 0 Å². The molecule has 0 aliphatic rings. The highest BCUT2D eigenvalue weighted by Gasteiger charge is 2.11. The number of hydrogen-bond donors (Lipinski definition) is 0. The highest BCUT2D eigenvalue weighted by molar-refractivity contribution is 6.33. The van der Waals surface area contributed by atoms with E-state index in [0.717, 1.165) is 34.2 Å². The molecule has 0 aliphatic heterocycles. The fourth-order valence-electron chi connectivity index (χ4n) is 2.16. The number of halogens is 2. The van der Waals surface area contributed by atoms with Gasteiger partial charge in [0.05, 0.1) is 17.0 Å². The van der Waals surface area contributed by atoms with Crippen LogP contribution in [0.5, 0.6) is 0 Å². The van der Waals surface area contributed by atoms with E-state index in [-0.39, 0.29) is 0 Å². The zero-order valence-electron chi connectivity index (χ0n) is 13.8. The van der Waals surface area contributed by atoms with Crippen molar-refractivity contribution in [1.82, 2.24) is 4.90 Å². The van der Waals surface area contributed by atoms with Crippen molar-refractivity contribution >= 4 is 46.6 Å². The Morgan fingerprint density at radius 2 is 1.74 bits per heavy atom. The highest BCUT2D eigenvalue weighted by Crippen LogP contribution is 2.35. The van der Waals surface area contributed by atoms with Gasteiger partial charge >= 0.3 is 0 Å². The maximum Gasteiger partial charge on any atom is 0.0910 e. The third-order valence-corrected chi connectivity index (χ3v) is 4.29. The van der Waals surface area contributed by atoms with Crippen LogP contribution in [0.2, 0.25) is 10.0 Å². The van der Waals surface area contributed by atoms with Gasteiger partial charge in [0.1, 0.15) is 0 Å². The minimum atomic E-state index is 0.632. The zero-order chi connectivity index (χ0) is 17.0. The van der Waals surface area contributed by atoms with Gasteiger partial charge in [-0.05, 0) is 55.8 Å². The maximum atomic E-state index is 6.40. The molecule has 122 valence electrons. The molecule has 0 N–H and O–H groups in total. The van der Waals surface area contributed by atoms with Gasteiger partial charge in [-0.15, -0.1) is 0 Å². The van der Waals surface area contributed by atoms with Crippen molar-refractivity contribution in [2.24, 2.45) is 4.99 Å². The zero-order valence-corrected chi connectivity index (χ0v) is 15.4. The molecule has 0 saturated carbocycles. The predicted octanol–water partition coefficient (Wildman–Crippen LogP) is 5.68. The summed E-state index contributed by atoms with van der Waals surface area (Å²) in [5.74, 6) is 0. The third-order valence-electron chi connectivity index (χ3n) is 3.73. The lowest BCUT2D eigenvalue weighted by Crippen LogP contribution is -2.14. The maximum absolute atomic E-state index is 6.40. The van der Waals surface area contributed by atoms with Crippen molar-refractivity contribution in [2.75, 3.05) is 25.5 Å². The van der Waals surface area contributed by atoms with Gasteiger partial charge in [0.15, 0.2) is 0 Å². The number of rotatable bonds is 5. The number of benzene rings is 2. The van der Waals surface area contributed by atoms with E-state index in [4.69, 9.17) is 23.2 Å². The van der Waals surface area contributed by atoms with Gasteiger partial charge in [-0.3, -0.25) is 0 Å². The van der Waals surface area contributed by atoms with Gasteiger partial charge in [-0.1, -0.05) is 23.2 Å². The van der Waals surface area contributed by atoms with E-state index >= 15 is 0 Å². The molecule has 0 bridgehead atoms. The van der Waals surface area contributed by atoms with Crippen molar-refractivity contribution in [3.63, 3.8) is 0 Å². The van der Waals surface area contributed by atoms with Crippen LogP contribution in [0.4, 0.5) is 17.1 Å². The van der Waals surface area contributed by atoms with E-state index in [2.05, 4.69) is 23.7 Å². The Hall–Kier alpha value is -1.71. The van der Waals surface area contributed by atoms with E-state index < -0.39 is 0 Å². The SMILES string of the molecule is CCN(C)C=Nc1cc(C)c(N(C)c2ccc(Cl)cc2)cc1Cl. The minimum Gasteiger partial charge on any atom is -0.366 e. The monoisotopic (exact) mass is 349 g/mol. The largest absolute Gasteiger partial charge is 0.366 e. The van der Waals surface area contributed by atoms with Gasteiger partial charge < -0.3 is 9.80 Å². The quantitative estimate of drug-likeness (QED) is 0.510. The van der Waals surface area contributed by atoms with E-state index in [9.17, 15) is 0 Å². The Balaban J connectivity index is 2.32. The molecule has 0 heterocycles. The molecular weight excluding hydrogens is 329 g/mol. The first-order valence-electron chi connectivity index (χ1n) is 7.46. The Bertz CT molecular complexity index is 696. The standard InChI is InChI=1S/C18H21Cl2N3/c1-5-22(3)12-21-17-10-13(2)18(11-16(17)20)23(4)15-8-6-14(19)7-9-15/h6-12H,5H2,1-4H3. The first kappa shape index (κ1) is 17.6. The van der Waals surface area contributed by atoms with Gasteiger partial charge in [0.25, 0.3) is 0 Å². The molecule has 0 atom stereocenters. The lowest BCUT2D eigenvalue weighted by molar-refractivity contribution is 0.552. The normalized spacial score (nSPS) is 11.0. The first-order chi connectivity index (χ1) is 10.9. The molecule has 0 aliphatic carbocycles. The van der Waals surface area contributed by atoms with Gasteiger partial charge in [0.2, 0.25) is 0 Å². The Morgan fingerprint density at radius 3 is 2.35 bits per heavy atom. The van der Waals surface area contributed by atoms with Crippen molar-refractivity contribution < 1.29 is 0 Å². The topological polar surface area (TPSA) is 18.8 Å². The fraction of sp³-hybridized carbons (Fsp3) is 0.278. The minimum absolute atomic E-state index is 0.632. The molecule has 2 aromatic rings. The van der Waals surface area contributed by atoms with Crippen molar-refractivity contribution in [1.29, 1.82) is 0 Å². The van der Waals surface area contributed by atoms with E-state index in [0.29, 0.717) is 5.02 Å². The fourth-order valence-corrected chi connectivity index (χ4v) is 2.49. The van der Waals surface area contributed by atoms with Gasteiger partial charge in [0, 0.05) is 37.0 Å². The number of nitrogens with zero attached hydrogens (tertiary/aromatic N) is 3. The second-order valence-corrected chi connectivity index (χ2v) is 6.29. The van der Waals surface area contributed by atoms with Crippen LogP contribution >= 0.6 is 23.2 Å². The molecule has 5 heteroatoms. The van der Waals surface area contributed by atoms with Crippen LogP contribution in [0.1, 0.15) is 12.5 Å². The average Bonchev–Trinajstić information content (AvgIpc) is 2.55. The Morgan fingerprint density at radius 1 is 1.09 bits per heavy atom. The average molecular weight is 350 g/mol. The van der Waals surface area contributed by atoms with Crippen LogP contribution in [-0.4, -0.2) is 31.9 Å². The molecular formula is C18H21Cl2N3. The Labute approximate surface area is 148 Å². The summed E-state index contributed by atoms with van der Waals surface area (Å²) in [4.78, 5) is 8.54. The van der Waals surface area contributed by atoms with Crippen LogP contribution in [0.15, 0.2) is 41.4 Å². The molecule has 0 spiro atoms. The smallest absolute Gasteiger partial charge is 0.0910 e. The summed E-state index contributed by atoms with van der Waals surface area (Å²) in [5, 5.41) is 1.36. The molecule has 0 aromatic heterocycles. The van der Waals surface area contributed by atoms with Crippen molar-refractivity contribution in [3.05, 3.63) is 52.0 Å². The molecule has 23 heavy (non-hydrogen) atoms. The molecule has 0 amide bonds. The highest BCUT2D eigenvalue weighted by atomic mass is 35.5. The second-order valence-electron chi connectivity index (χ2n) is 5.44. The Kier molecular flexibility index (Phi) is 5.91. The second kappa shape index (κ2) is 7.71. The number of anilines is 2. The molecule has 0 fully saturated rings. The van der Waals surface area contributed by atoms with Crippen LogP contribution in [0.3, 0.4) is 0 Å². The summed E-state index contributed by atoms with van der Waals surface area (Å²) in [6.07, 6.45) is 1.79. The van der Waals surface area contributed by atoms with E-state index in [1.165, 1.54) is 0 Å². The van der Waals surface area contributed by atoms with Crippen LogP contribution in [0, 0.1) is 6.92 Å². The summed E-state index contributed by atoms with van der Waals surface area (Å²) >= 11 is 12.4. The van der Waals surface area contributed by atoms with Crippen LogP contribution < -0.4 is 4.90 Å². The number of aliphatic imine (C=N–C) groups is 1.